The van der Waals surface area contributed by atoms with Crippen molar-refractivity contribution in [1.82, 2.24) is 9.78 Å². The van der Waals surface area contributed by atoms with Gasteiger partial charge in [0, 0.05) is 6.54 Å². The van der Waals surface area contributed by atoms with Gasteiger partial charge in [0.15, 0.2) is 11.5 Å². The van der Waals surface area contributed by atoms with Crippen molar-refractivity contribution in [2.45, 2.75) is 26.8 Å². The molecule has 0 bridgehead atoms. The van der Waals surface area contributed by atoms with E-state index < -0.39 is 4.92 Å². The highest BCUT2D eigenvalue weighted by molar-refractivity contribution is 5.98. The number of carbonyl (C=O) groups is 1. The molecule has 0 N–H and O–H groups in total. The third kappa shape index (κ3) is 3.44. The Balaban J connectivity index is 2.25. The fourth-order valence-corrected chi connectivity index (χ4v) is 1.91. The predicted molar refractivity (Wildman–Crippen MR) is 75.7 cm³/mol. The number of ketones is 1. The smallest absolute Gasteiger partial charge is 0.283 e. The molecule has 1 heterocycles. The standard InChI is InChI=1S/C14H15N3O4/c1-3-6-16-9-12(8-15-16)21-11-4-5-13(10(2)18)14(7-11)17(19)20/h4-5,7-9H,3,6H2,1-2H3. The van der Waals surface area contributed by atoms with Crippen molar-refractivity contribution >= 4 is 11.5 Å². The number of hydrogen-bond donors (Lipinski definition) is 0. The lowest BCUT2D eigenvalue weighted by molar-refractivity contribution is -0.385. The van der Waals surface area contributed by atoms with Crippen LogP contribution in [0.4, 0.5) is 5.69 Å². The second kappa shape index (κ2) is 6.17. The van der Waals surface area contributed by atoms with Gasteiger partial charge in [0.2, 0.25) is 0 Å². The fourth-order valence-electron chi connectivity index (χ4n) is 1.91. The molecule has 21 heavy (non-hydrogen) atoms. The van der Waals surface area contributed by atoms with E-state index in [0.717, 1.165) is 13.0 Å². The van der Waals surface area contributed by atoms with Crippen LogP contribution in [-0.4, -0.2) is 20.5 Å². The second-order valence-electron chi connectivity index (χ2n) is 4.53. The zero-order valence-corrected chi connectivity index (χ0v) is 11.8. The summed E-state index contributed by atoms with van der Waals surface area (Å²) in [5.74, 6) is 0.431. The van der Waals surface area contributed by atoms with Gasteiger partial charge in [0.1, 0.15) is 5.75 Å². The zero-order valence-electron chi connectivity index (χ0n) is 11.8. The molecule has 2 rings (SSSR count). The molecule has 0 saturated carbocycles. The van der Waals surface area contributed by atoms with Gasteiger partial charge >= 0.3 is 0 Å². The first-order chi connectivity index (χ1) is 10.0. The molecule has 2 aromatic rings. The number of aryl methyl sites for hydroxylation is 1. The van der Waals surface area contributed by atoms with Crippen molar-refractivity contribution in [2.24, 2.45) is 0 Å². The van der Waals surface area contributed by atoms with Crippen LogP contribution in [0.3, 0.4) is 0 Å². The van der Waals surface area contributed by atoms with E-state index in [4.69, 9.17) is 4.74 Å². The van der Waals surface area contributed by atoms with Crippen LogP contribution in [0.1, 0.15) is 30.6 Å². The molecule has 0 atom stereocenters. The van der Waals surface area contributed by atoms with Crippen molar-refractivity contribution < 1.29 is 14.5 Å². The third-order valence-corrected chi connectivity index (χ3v) is 2.84. The van der Waals surface area contributed by atoms with Crippen LogP contribution >= 0.6 is 0 Å². The van der Waals surface area contributed by atoms with Crippen LogP contribution in [-0.2, 0) is 6.54 Å². The number of benzene rings is 1. The minimum atomic E-state index is -0.593. The molecule has 0 spiro atoms. The number of nitrogens with zero attached hydrogens (tertiary/aromatic N) is 3. The summed E-state index contributed by atoms with van der Waals surface area (Å²) in [6.07, 6.45) is 4.20. The summed E-state index contributed by atoms with van der Waals surface area (Å²) in [7, 11) is 0. The van der Waals surface area contributed by atoms with Gasteiger partial charge in [0.05, 0.1) is 28.9 Å². The number of nitro benzene ring substituents is 1. The van der Waals surface area contributed by atoms with Gasteiger partial charge in [-0.15, -0.1) is 0 Å². The molecule has 0 radical (unpaired) electrons. The number of rotatable bonds is 6. The number of ether oxygens (including phenoxy) is 1. The molecule has 0 unspecified atom stereocenters. The number of nitro groups is 1. The summed E-state index contributed by atoms with van der Waals surface area (Å²) in [5.41, 5.74) is -0.199. The molecular formula is C14H15N3O4. The van der Waals surface area contributed by atoms with Gasteiger partial charge in [-0.2, -0.15) is 5.10 Å². The second-order valence-corrected chi connectivity index (χ2v) is 4.53. The molecule has 0 saturated heterocycles. The lowest BCUT2D eigenvalue weighted by Crippen LogP contribution is -2.00. The summed E-state index contributed by atoms with van der Waals surface area (Å²) in [4.78, 5) is 21.8. The average Bonchev–Trinajstić information content (AvgIpc) is 2.86. The Hall–Kier alpha value is -2.70. The highest BCUT2D eigenvalue weighted by atomic mass is 16.6. The molecule has 0 aliphatic heterocycles. The van der Waals surface area contributed by atoms with E-state index in [-0.39, 0.29) is 17.0 Å². The number of hydrogen-bond acceptors (Lipinski definition) is 5. The lowest BCUT2D eigenvalue weighted by atomic mass is 10.1. The lowest BCUT2D eigenvalue weighted by Gasteiger charge is -2.04. The van der Waals surface area contributed by atoms with Gasteiger partial charge in [0.25, 0.3) is 5.69 Å². The van der Waals surface area contributed by atoms with Crippen molar-refractivity contribution in [3.8, 4) is 11.5 Å². The van der Waals surface area contributed by atoms with Crippen molar-refractivity contribution in [3.05, 3.63) is 46.3 Å². The number of carbonyl (C=O) groups excluding carboxylic acids is 1. The van der Waals surface area contributed by atoms with E-state index in [2.05, 4.69) is 5.10 Å². The molecule has 0 aliphatic carbocycles. The van der Waals surface area contributed by atoms with Gasteiger partial charge < -0.3 is 4.74 Å². The fraction of sp³-hybridized carbons (Fsp3) is 0.286. The van der Waals surface area contributed by atoms with Crippen LogP contribution in [0.2, 0.25) is 0 Å². The Kier molecular flexibility index (Phi) is 4.32. The molecule has 0 aliphatic rings. The normalized spacial score (nSPS) is 10.4. The molecular weight excluding hydrogens is 274 g/mol. The Bertz CT molecular complexity index is 679. The maximum atomic E-state index is 11.4. The molecule has 7 heteroatoms. The Morgan fingerprint density at radius 2 is 2.19 bits per heavy atom. The highest BCUT2D eigenvalue weighted by Crippen LogP contribution is 2.28. The summed E-state index contributed by atoms with van der Waals surface area (Å²) in [6, 6.07) is 4.17. The number of Topliss-reactive ketones (excluding diaryl/α,β-unsaturated/α-hetero) is 1. The van der Waals surface area contributed by atoms with E-state index in [0.29, 0.717) is 11.5 Å². The van der Waals surface area contributed by atoms with Crippen LogP contribution < -0.4 is 4.74 Å². The van der Waals surface area contributed by atoms with Gasteiger partial charge in [-0.1, -0.05) is 6.92 Å². The largest absolute Gasteiger partial charge is 0.454 e. The van der Waals surface area contributed by atoms with Gasteiger partial charge in [-0.3, -0.25) is 19.6 Å². The van der Waals surface area contributed by atoms with Gasteiger partial charge in [-0.25, -0.2) is 0 Å². The highest BCUT2D eigenvalue weighted by Gasteiger charge is 2.18. The summed E-state index contributed by atoms with van der Waals surface area (Å²) in [6.45, 7) is 4.09. The monoisotopic (exact) mass is 289 g/mol. The van der Waals surface area contributed by atoms with E-state index in [1.165, 1.54) is 25.1 Å². The van der Waals surface area contributed by atoms with Crippen molar-refractivity contribution in [2.75, 3.05) is 0 Å². The summed E-state index contributed by atoms with van der Waals surface area (Å²) < 4.78 is 7.26. The SMILES string of the molecule is CCCn1cc(Oc2ccc(C(C)=O)c([N+](=O)[O-])c2)cn1. The topological polar surface area (TPSA) is 87.3 Å². The third-order valence-electron chi connectivity index (χ3n) is 2.84. The number of aromatic nitrogens is 2. The van der Waals surface area contributed by atoms with E-state index in [1.807, 2.05) is 6.92 Å². The first kappa shape index (κ1) is 14.7. The Morgan fingerprint density at radius 1 is 1.43 bits per heavy atom. The van der Waals surface area contributed by atoms with E-state index >= 15 is 0 Å². The Morgan fingerprint density at radius 3 is 2.81 bits per heavy atom. The average molecular weight is 289 g/mol. The maximum absolute atomic E-state index is 11.4. The van der Waals surface area contributed by atoms with E-state index in [9.17, 15) is 14.9 Å². The zero-order chi connectivity index (χ0) is 15.4. The van der Waals surface area contributed by atoms with Crippen LogP contribution in [0.25, 0.3) is 0 Å². The quantitative estimate of drug-likeness (QED) is 0.463. The predicted octanol–water partition coefficient (Wildman–Crippen LogP) is 3.20. The first-order valence-corrected chi connectivity index (χ1v) is 6.51. The Labute approximate surface area is 121 Å². The molecule has 0 fully saturated rings. The maximum Gasteiger partial charge on any atom is 0.283 e. The van der Waals surface area contributed by atoms with Crippen LogP contribution in [0, 0.1) is 10.1 Å². The molecule has 7 nitrogen and oxygen atoms in total. The summed E-state index contributed by atoms with van der Waals surface area (Å²) in [5, 5.41) is 15.1. The minimum Gasteiger partial charge on any atom is -0.454 e. The van der Waals surface area contributed by atoms with Crippen molar-refractivity contribution in [1.29, 1.82) is 0 Å². The van der Waals surface area contributed by atoms with Crippen LogP contribution in [0.15, 0.2) is 30.6 Å². The molecule has 110 valence electrons. The summed E-state index contributed by atoms with van der Waals surface area (Å²) >= 11 is 0. The van der Waals surface area contributed by atoms with Gasteiger partial charge in [-0.05, 0) is 25.5 Å². The first-order valence-electron chi connectivity index (χ1n) is 6.51. The minimum absolute atomic E-state index is 0.0639. The van der Waals surface area contributed by atoms with E-state index in [1.54, 1.807) is 17.1 Å². The van der Waals surface area contributed by atoms with Crippen molar-refractivity contribution in [3.63, 3.8) is 0 Å². The van der Waals surface area contributed by atoms with Crippen LogP contribution in [0.5, 0.6) is 11.5 Å². The molecule has 1 aromatic carbocycles. The molecule has 1 aromatic heterocycles. The molecule has 0 amide bonds.